The summed E-state index contributed by atoms with van der Waals surface area (Å²) in [5, 5.41) is 10.6. The zero-order chi connectivity index (χ0) is 14.0. The number of hydrogen-bond acceptors (Lipinski definition) is 2. The Morgan fingerprint density at radius 1 is 1.26 bits per heavy atom. The average Bonchev–Trinajstić information content (AvgIpc) is 2.79. The fourth-order valence-corrected chi connectivity index (χ4v) is 3.45. The number of rotatable bonds is 4. The van der Waals surface area contributed by atoms with Gasteiger partial charge in [-0.25, -0.2) is 0 Å². The van der Waals surface area contributed by atoms with Crippen LogP contribution in [0.1, 0.15) is 57.3 Å². The first-order valence-electron chi connectivity index (χ1n) is 7.56. The Balaban J connectivity index is 2.13. The van der Waals surface area contributed by atoms with Crippen molar-refractivity contribution in [2.24, 2.45) is 0 Å². The number of nitrogens with zero attached hydrogens (tertiary/aromatic N) is 1. The van der Waals surface area contributed by atoms with Gasteiger partial charge in [-0.15, -0.1) is 0 Å². The molecule has 0 radical (unpaired) electrons. The third-order valence-corrected chi connectivity index (χ3v) is 4.67. The lowest BCUT2D eigenvalue weighted by atomic mass is 9.99. The molecule has 0 aliphatic carbocycles. The number of hydrogen-bond donors (Lipinski definition) is 1. The first kappa shape index (κ1) is 14.5. The van der Waals surface area contributed by atoms with E-state index in [-0.39, 0.29) is 6.04 Å². The number of benzene rings is 1. The molecule has 1 aromatic rings. The Labute approximate surface area is 117 Å². The number of aliphatic hydroxyl groups excluding tert-OH is 1. The molecule has 1 saturated heterocycles. The van der Waals surface area contributed by atoms with Crippen molar-refractivity contribution in [1.82, 2.24) is 4.90 Å². The molecule has 4 atom stereocenters. The molecule has 1 aliphatic rings. The summed E-state index contributed by atoms with van der Waals surface area (Å²) in [6.07, 6.45) is 3.30. The van der Waals surface area contributed by atoms with Gasteiger partial charge in [0, 0.05) is 18.1 Å². The summed E-state index contributed by atoms with van der Waals surface area (Å²) in [7, 11) is 0. The zero-order valence-electron chi connectivity index (χ0n) is 12.6. The molecule has 1 N–H and O–H groups in total. The summed E-state index contributed by atoms with van der Waals surface area (Å²) < 4.78 is 0. The standard InChI is InChI=1S/C17H27NO/c1-5-16-11-8-13(3)18(16)14(4)17(19)15-9-6-12(2)7-10-15/h6-7,9-10,13-14,16-17,19H,5,8,11H2,1-4H3. The minimum absolute atomic E-state index is 0.185. The molecule has 0 spiro atoms. The lowest BCUT2D eigenvalue weighted by Gasteiger charge is -2.36. The second kappa shape index (κ2) is 6.06. The van der Waals surface area contributed by atoms with Crippen LogP contribution in [0.2, 0.25) is 0 Å². The van der Waals surface area contributed by atoms with Crippen molar-refractivity contribution in [1.29, 1.82) is 0 Å². The van der Waals surface area contributed by atoms with E-state index in [1.165, 1.54) is 24.8 Å². The van der Waals surface area contributed by atoms with Crippen molar-refractivity contribution >= 4 is 0 Å². The van der Waals surface area contributed by atoms with Crippen LogP contribution >= 0.6 is 0 Å². The van der Waals surface area contributed by atoms with Crippen molar-refractivity contribution in [3.8, 4) is 0 Å². The largest absolute Gasteiger partial charge is 0.387 e. The Hall–Kier alpha value is -0.860. The van der Waals surface area contributed by atoms with E-state index < -0.39 is 6.10 Å². The van der Waals surface area contributed by atoms with Crippen molar-refractivity contribution in [3.05, 3.63) is 35.4 Å². The maximum absolute atomic E-state index is 10.6. The van der Waals surface area contributed by atoms with E-state index in [2.05, 4.69) is 56.9 Å². The van der Waals surface area contributed by atoms with Crippen LogP contribution in [0.25, 0.3) is 0 Å². The van der Waals surface area contributed by atoms with Gasteiger partial charge in [-0.2, -0.15) is 0 Å². The summed E-state index contributed by atoms with van der Waals surface area (Å²) >= 11 is 0. The quantitative estimate of drug-likeness (QED) is 0.893. The third kappa shape index (κ3) is 3.01. The van der Waals surface area contributed by atoms with Crippen LogP contribution in [0.15, 0.2) is 24.3 Å². The number of likely N-dealkylation sites (tertiary alicyclic amines) is 1. The number of aliphatic hydroxyl groups is 1. The SMILES string of the molecule is CCC1CCC(C)N1C(C)C(O)c1ccc(C)cc1. The maximum atomic E-state index is 10.6. The van der Waals surface area contributed by atoms with E-state index >= 15 is 0 Å². The molecule has 1 fully saturated rings. The molecule has 0 bridgehead atoms. The minimum atomic E-state index is -0.393. The molecule has 0 saturated carbocycles. The van der Waals surface area contributed by atoms with E-state index in [9.17, 15) is 5.11 Å². The normalized spacial score (nSPS) is 27.4. The molecule has 1 aliphatic heterocycles. The predicted octanol–water partition coefficient (Wildman–Crippen LogP) is 3.68. The van der Waals surface area contributed by atoms with Crippen LogP contribution in [-0.4, -0.2) is 28.1 Å². The van der Waals surface area contributed by atoms with Crippen molar-refractivity contribution in [3.63, 3.8) is 0 Å². The average molecular weight is 261 g/mol. The molecule has 106 valence electrons. The summed E-state index contributed by atoms with van der Waals surface area (Å²) in [5.41, 5.74) is 2.27. The van der Waals surface area contributed by atoms with E-state index in [0.717, 1.165) is 5.56 Å². The van der Waals surface area contributed by atoms with E-state index in [4.69, 9.17) is 0 Å². The lowest BCUT2D eigenvalue weighted by molar-refractivity contribution is 0.0307. The molecule has 0 amide bonds. The molecule has 1 aromatic carbocycles. The monoisotopic (exact) mass is 261 g/mol. The van der Waals surface area contributed by atoms with E-state index in [1.54, 1.807) is 0 Å². The van der Waals surface area contributed by atoms with Gasteiger partial charge in [-0.1, -0.05) is 36.8 Å². The van der Waals surface area contributed by atoms with Gasteiger partial charge in [-0.3, -0.25) is 4.90 Å². The Kier molecular flexibility index (Phi) is 4.64. The first-order valence-corrected chi connectivity index (χ1v) is 7.56. The second-order valence-corrected chi connectivity index (χ2v) is 6.03. The van der Waals surface area contributed by atoms with Crippen LogP contribution in [0.4, 0.5) is 0 Å². The van der Waals surface area contributed by atoms with Gasteiger partial charge >= 0.3 is 0 Å². The van der Waals surface area contributed by atoms with Gasteiger partial charge in [0.15, 0.2) is 0 Å². The zero-order valence-corrected chi connectivity index (χ0v) is 12.6. The molecule has 1 heterocycles. The maximum Gasteiger partial charge on any atom is 0.0942 e. The van der Waals surface area contributed by atoms with Crippen molar-refractivity contribution in [2.45, 2.75) is 71.2 Å². The topological polar surface area (TPSA) is 23.5 Å². The van der Waals surface area contributed by atoms with Gasteiger partial charge in [0.1, 0.15) is 0 Å². The molecule has 2 nitrogen and oxygen atoms in total. The summed E-state index contributed by atoms with van der Waals surface area (Å²) in [5.74, 6) is 0. The summed E-state index contributed by atoms with van der Waals surface area (Å²) in [6.45, 7) is 8.78. The molecule has 0 aromatic heterocycles. The Morgan fingerprint density at radius 3 is 2.47 bits per heavy atom. The Morgan fingerprint density at radius 2 is 1.89 bits per heavy atom. The molecule has 19 heavy (non-hydrogen) atoms. The third-order valence-electron chi connectivity index (χ3n) is 4.67. The molecular weight excluding hydrogens is 234 g/mol. The highest BCUT2D eigenvalue weighted by molar-refractivity contribution is 5.24. The smallest absolute Gasteiger partial charge is 0.0942 e. The second-order valence-electron chi connectivity index (χ2n) is 6.03. The van der Waals surface area contributed by atoms with Crippen LogP contribution in [0.5, 0.6) is 0 Å². The molecule has 4 unspecified atom stereocenters. The van der Waals surface area contributed by atoms with Crippen LogP contribution in [0.3, 0.4) is 0 Å². The van der Waals surface area contributed by atoms with Gasteiger partial charge in [0.2, 0.25) is 0 Å². The fraction of sp³-hybridized carbons (Fsp3) is 0.647. The predicted molar refractivity (Wildman–Crippen MR) is 80.2 cm³/mol. The molecule has 2 rings (SSSR count). The Bertz CT molecular complexity index is 400. The molecule has 2 heteroatoms. The molecular formula is C17H27NO. The van der Waals surface area contributed by atoms with E-state index in [1.807, 2.05) is 0 Å². The fourth-order valence-electron chi connectivity index (χ4n) is 3.45. The first-order chi connectivity index (χ1) is 9.04. The highest BCUT2D eigenvalue weighted by Gasteiger charge is 2.35. The van der Waals surface area contributed by atoms with Gasteiger partial charge in [0.05, 0.1) is 6.10 Å². The van der Waals surface area contributed by atoms with Crippen LogP contribution < -0.4 is 0 Å². The highest BCUT2D eigenvalue weighted by Crippen LogP contribution is 2.33. The summed E-state index contributed by atoms with van der Waals surface area (Å²) in [4.78, 5) is 2.52. The summed E-state index contributed by atoms with van der Waals surface area (Å²) in [6, 6.07) is 9.66. The van der Waals surface area contributed by atoms with E-state index in [0.29, 0.717) is 12.1 Å². The minimum Gasteiger partial charge on any atom is -0.387 e. The van der Waals surface area contributed by atoms with Crippen molar-refractivity contribution in [2.75, 3.05) is 0 Å². The van der Waals surface area contributed by atoms with Gasteiger partial charge < -0.3 is 5.11 Å². The van der Waals surface area contributed by atoms with Gasteiger partial charge in [0.25, 0.3) is 0 Å². The van der Waals surface area contributed by atoms with Crippen LogP contribution in [-0.2, 0) is 0 Å². The van der Waals surface area contributed by atoms with Crippen LogP contribution in [0, 0.1) is 6.92 Å². The lowest BCUT2D eigenvalue weighted by Crippen LogP contribution is -2.44. The van der Waals surface area contributed by atoms with Crippen molar-refractivity contribution < 1.29 is 5.11 Å². The number of aryl methyl sites for hydroxylation is 1. The highest BCUT2D eigenvalue weighted by atomic mass is 16.3. The van der Waals surface area contributed by atoms with Gasteiger partial charge in [-0.05, 0) is 45.6 Å².